The van der Waals surface area contributed by atoms with E-state index in [1.54, 1.807) is 60.7 Å². The summed E-state index contributed by atoms with van der Waals surface area (Å²) in [6.07, 6.45) is -3.96. The molecule has 4 rings (SSSR count). The van der Waals surface area contributed by atoms with Crippen LogP contribution >= 0.6 is 0 Å². The van der Waals surface area contributed by atoms with E-state index in [0.29, 0.717) is 16.7 Å². The number of nitrogens with zero attached hydrogens (tertiary/aromatic N) is 1. The molecule has 9 unspecified atom stereocenters. The Morgan fingerprint density at radius 3 is 1.53 bits per heavy atom. The summed E-state index contributed by atoms with van der Waals surface area (Å²) in [6, 6.07) is 12.3. The number of carbonyl (C=O) groups excluding carboxylic acids is 8. The van der Waals surface area contributed by atoms with Gasteiger partial charge in [0.05, 0.1) is 25.2 Å². The van der Waals surface area contributed by atoms with Gasteiger partial charge in [-0.15, -0.1) is 0 Å². The number of nitrogens with one attached hydrogen (secondary N) is 6. The van der Waals surface area contributed by atoms with Crippen molar-refractivity contribution in [2.45, 2.75) is 107 Å². The van der Waals surface area contributed by atoms with E-state index in [2.05, 4.69) is 31.9 Å². The summed E-state index contributed by atoms with van der Waals surface area (Å²) < 4.78 is 0. The van der Waals surface area contributed by atoms with Gasteiger partial charge < -0.3 is 68.7 Å². The number of nitrogens with two attached hydrogens (primary N) is 2. The lowest BCUT2D eigenvalue weighted by Gasteiger charge is -2.31. The van der Waals surface area contributed by atoms with Crippen LogP contribution in [0.25, 0.3) is 0 Å². The summed E-state index contributed by atoms with van der Waals surface area (Å²) in [5, 5.41) is 54.9. The minimum Gasteiger partial charge on any atom is -0.508 e. The quantitative estimate of drug-likeness (QED) is 0.0426. The molecule has 0 saturated carbocycles. The van der Waals surface area contributed by atoms with Gasteiger partial charge in [0.25, 0.3) is 0 Å². The zero-order chi connectivity index (χ0) is 50.1. The molecule has 14 N–H and O–H groups in total. The van der Waals surface area contributed by atoms with Crippen LogP contribution < -0.4 is 43.4 Å². The Morgan fingerprint density at radius 1 is 0.618 bits per heavy atom. The van der Waals surface area contributed by atoms with Gasteiger partial charge in [0, 0.05) is 25.8 Å². The third-order valence-electron chi connectivity index (χ3n) is 11.0. The topological polar surface area (TPSA) is 362 Å². The normalized spacial score (nSPS) is 16.8. The summed E-state index contributed by atoms with van der Waals surface area (Å²) in [5.74, 6) is -9.04. The minimum atomic E-state index is -1.85. The first-order chi connectivity index (χ1) is 32.3. The van der Waals surface area contributed by atoms with E-state index >= 15 is 0 Å². The maximum absolute atomic E-state index is 14.4. The summed E-state index contributed by atoms with van der Waals surface area (Å²) >= 11 is 0. The van der Waals surface area contributed by atoms with Gasteiger partial charge in [0.2, 0.25) is 47.3 Å². The summed E-state index contributed by atoms with van der Waals surface area (Å²) in [7, 11) is 0. The molecule has 22 heteroatoms. The van der Waals surface area contributed by atoms with Gasteiger partial charge >= 0.3 is 5.97 Å². The molecule has 1 fully saturated rings. The number of aliphatic carboxylic acids is 1. The average molecular weight is 946 g/mol. The highest BCUT2D eigenvalue weighted by atomic mass is 16.4. The monoisotopic (exact) mass is 945 g/mol. The van der Waals surface area contributed by atoms with Gasteiger partial charge in [0.15, 0.2) is 6.04 Å². The number of primary amides is 1. The van der Waals surface area contributed by atoms with Crippen LogP contribution in [0.1, 0.15) is 49.8 Å². The molecule has 8 amide bonds. The van der Waals surface area contributed by atoms with Gasteiger partial charge in [-0.3, -0.25) is 38.4 Å². The van der Waals surface area contributed by atoms with Crippen LogP contribution in [0.5, 0.6) is 5.75 Å². The molecule has 1 aliphatic heterocycles. The number of amides is 8. The van der Waals surface area contributed by atoms with Crippen LogP contribution in [0, 0.1) is 0 Å². The van der Waals surface area contributed by atoms with Crippen LogP contribution in [0.3, 0.4) is 0 Å². The van der Waals surface area contributed by atoms with Gasteiger partial charge in [-0.2, -0.15) is 0 Å². The van der Waals surface area contributed by atoms with Crippen LogP contribution in [0.4, 0.5) is 0 Å². The first kappa shape index (κ1) is 53.2. The van der Waals surface area contributed by atoms with E-state index in [1.807, 2.05) is 0 Å². The van der Waals surface area contributed by atoms with E-state index in [0.717, 1.165) is 18.7 Å². The van der Waals surface area contributed by atoms with Gasteiger partial charge in [-0.25, -0.2) is 4.79 Å². The lowest BCUT2D eigenvalue weighted by atomic mass is 10.0. The molecule has 1 aliphatic rings. The molecular weight excluding hydrogens is 887 g/mol. The SMILES string of the molecule is CC(O)C(NC(=O)C1CCCN1C(=O)C(CC(N)=O)NC(=O)C(NC(=O)C(Cc1ccc(O)cc1)NC(=O)C(Cc1ccccc1)NC(=O)C(Cc1ccccc1)NC(=O)CN)C(C)O)C(=O)O. The second kappa shape index (κ2) is 25.5. The fraction of sp³-hybridized carbons (Fsp3) is 0.413. The van der Waals surface area contributed by atoms with Crippen LogP contribution in [-0.4, -0.2) is 146 Å². The highest BCUT2D eigenvalue weighted by Crippen LogP contribution is 2.20. The second-order valence-electron chi connectivity index (χ2n) is 16.4. The molecule has 0 spiro atoms. The molecule has 0 radical (unpaired) electrons. The Balaban J connectivity index is 1.61. The molecule has 68 heavy (non-hydrogen) atoms. The van der Waals surface area contributed by atoms with Crippen molar-refractivity contribution in [3.63, 3.8) is 0 Å². The number of phenols is 1. The average Bonchev–Trinajstić information content (AvgIpc) is 3.80. The number of hydrogen-bond acceptors (Lipinski definition) is 13. The van der Waals surface area contributed by atoms with Crippen molar-refractivity contribution >= 4 is 53.2 Å². The Labute approximate surface area is 391 Å². The highest BCUT2D eigenvalue weighted by molar-refractivity contribution is 5.99. The smallest absolute Gasteiger partial charge is 0.328 e. The lowest BCUT2D eigenvalue weighted by Crippen LogP contribution is -2.62. The Hall–Kier alpha value is -7.43. The van der Waals surface area contributed by atoms with Crippen molar-refractivity contribution < 1.29 is 63.6 Å². The van der Waals surface area contributed by atoms with E-state index in [1.165, 1.54) is 24.3 Å². The maximum Gasteiger partial charge on any atom is 0.328 e. The van der Waals surface area contributed by atoms with Gasteiger partial charge in [0.1, 0.15) is 42.0 Å². The molecule has 1 heterocycles. The number of phenolic OH excluding ortho intramolecular Hbond substituents is 1. The largest absolute Gasteiger partial charge is 0.508 e. The lowest BCUT2D eigenvalue weighted by molar-refractivity contribution is -0.147. The predicted molar refractivity (Wildman–Crippen MR) is 242 cm³/mol. The molecular formula is C46H59N9O13. The fourth-order valence-corrected chi connectivity index (χ4v) is 7.46. The summed E-state index contributed by atoms with van der Waals surface area (Å²) in [6.45, 7) is 1.82. The summed E-state index contributed by atoms with van der Waals surface area (Å²) in [4.78, 5) is 121. The van der Waals surface area contributed by atoms with Crippen molar-refractivity contribution in [2.75, 3.05) is 13.1 Å². The van der Waals surface area contributed by atoms with Crippen molar-refractivity contribution in [1.29, 1.82) is 0 Å². The van der Waals surface area contributed by atoms with Crippen molar-refractivity contribution in [3.8, 4) is 5.75 Å². The molecule has 3 aromatic rings. The number of rotatable bonds is 24. The third-order valence-corrected chi connectivity index (χ3v) is 11.0. The van der Waals surface area contributed by atoms with Crippen molar-refractivity contribution in [3.05, 3.63) is 102 Å². The second-order valence-corrected chi connectivity index (χ2v) is 16.4. The van der Waals surface area contributed by atoms with E-state index in [-0.39, 0.29) is 44.4 Å². The van der Waals surface area contributed by atoms with Crippen LogP contribution in [0.15, 0.2) is 84.9 Å². The van der Waals surface area contributed by atoms with E-state index in [9.17, 15) is 63.6 Å². The first-order valence-corrected chi connectivity index (χ1v) is 21.8. The Morgan fingerprint density at radius 2 is 1.07 bits per heavy atom. The number of aromatic hydroxyl groups is 1. The number of carboxylic acids is 1. The molecule has 366 valence electrons. The first-order valence-electron chi connectivity index (χ1n) is 21.8. The number of aliphatic hydroxyl groups is 2. The zero-order valence-corrected chi connectivity index (χ0v) is 37.5. The predicted octanol–water partition coefficient (Wildman–Crippen LogP) is -3.00. The van der Waals surface area contributed by atoms with Crippen LogP contribution in [-0.2, 0) is 62.4 Å². The van der Waals surface area contributed by atoms with Crippen molar-refractivity contribution in [2.24, 2.45) is 11.5 Å². The number of carbonyl (C=O) groups is 9. The Kier molecular flexibility index (Phi) is 19.9. The van der Waals surface area contributed by atoms with Crippen LogP contribution in [0.2, 0.25) is 0 Å². The standard InChI is InChI=1S/C46H59N9O13/c1-25(56)38(44(65)52-34(23-36(48)59)45(66)55-19-9-14-35(55)43(64)54-39(26(2)57)46(67)68)53-42(63)33(22-29-15-17-30(58)18-16-29)51-41(62)32(21-28-12-7-4-8-13-28)50-40(61)31(49-37(60)24-47)20-27-10-5-3-6-11-27/h3-8,10-13,15-18,25-26,31-35,38-39,56-58H,9,14,19-24,47H2,1-2H3,(H2,48,59)(H,49,60)(H,50,61)(H,51,62)(H,52,65)(H,53,63)(H,54,64)(H,67,68). The molecule has 22 nitrogen and oxygen atoms in total. The minimum absolute atomic E-state index is 0.0315. The maximum atomic E-state index is 14.4. The fourth-order valence-electron chi connectivity index (χ4n) is 7.46. The molecule has 3 aromatic carbocycles. The number of carboxylic acid groups (broad SMARTS) is 1. The van der Waals surface area contributed by atoms with Gasteiger partial charge in [-0.05, 0) is 55.5 Å². The van der Waals surface area contributed by atoms with E-state index in [4.69, 9.17) is 11.5 Å². The molecule has 0 aromatic heterocycles. The van der Waals surface area contributed by atoms with Gasteiger partial charge in [-0.1, -0.05) is 72.8 Å². The molecule has 1 saturated heterocycles. The number of benzene rings is 3. The summed E-state index contributed by atoms with van der Waals surface area (Å²) in [5.41, 5.74) is 12.7. The third kappa shape index (κ3) is 15.9. The number of likely N-dealkylation sites (tertiary alicyclic amines) is 1. The highest BCUT2D eigenvalue weighted by Gasteiger charge is 2.41. The Bertz CT molecular complexity index is 2250. The number of aliphatic hydroxyl groups excluding tert-OH is 2. The molecule has 0 aliphatic carbocycles. The zero-order valence-electron chi connectivity index (χ0n) is 37.5. The van der Waals surface area contributed by atoms with E-state index < -0.39 is 121 Å². The molecule has 0 bridgehead atoms. The van der Waals surface area contributed by atoms with Crippen molar-refractivity contribution in [1.82, 2.24) is 36.8 Å². The number of hydrogen-bond donors (Lipinski definition) is 12. The molecule has 9 atom stereocenters.